The number of aromatic hydroxyl groups is 1. The van der Waals surface area contributed by atoms with E-state index in [4.69, 9.17) is 11.6 Å². The van der Waals surface area contributed by atoms with Crippen molar-refractivity contribution in [2.45, 2.75) is 19.9 Å². The van der Waals surface area contributed by atoms with Gasteiger partial charge in [0.15, 0.2) is 0 Å². The molecule has 1 aliphatic heterocycles. The molecule has 1 N–H and O–H groups in total. The van der Waals surface area contributed by atoms with E-state index in [0.717, 1.165) is 25.2 Å². The predicted molar refractivity (Wildman–Crippen MR) is 76.8 cm³/mol. The maximum absolute atomic E-state index is 9.65. The molecule has 1 aliphatic rings. The second-order valence-corrected chi connectivity index (χ2v) is 5.31. The van der Waals surface area contributed by atoms with E-state index >= 15 is 0 Å². The molecule has 1 aromatic carbocycles. The number of pyridine rings is 1. The Kier molecular flexibility index (Phi) is 3.07. The molecule has 3 nitrogen and oxygen atoms in total. The van der Waals surface area contributed by atoms with Crippen molar-refractivity contribution in [1.82, 2.24) is 4.98 Å². The van der Waals surface area contributed by atoms with Crippen LogP contribution in [0.3, 0.4) is 0 Å². The van der Waals surface area contributed by atoms with Gasteiger partial charge in [-0.05, 0) is 48.2 Å². The number of phenolic OH excluding ortho intramolecular Hbond substituents is 1. The van der Waals surface area contributed by atoms with Crippen LogP contribution in [0.15, 0.2) is 30.6 Å². The van der Waals surface area contributed by atoms with Crippen molar-refractivity contribution in [2.75, 3.05) is 11.4 Å². The summed E-state index contributed by atoms with van der Waals surface area (Å²) in [5.41, 5.74) is 4.75. The van der Waals surface area contributed by atoms with Crippen molar-refractivity contribution in [3.63, 3.8) is 0 Å². The summed E-state index contributed by atoms with van der Waals surface area (Å²) in [6.07, 6.45) is 4.63. The molecular formula is C15H15ClN2O. The average molecular weight is 275 g/mol. The van der Waals surface area contributed by atoms with Crippen molar-refractivity contribution in [3.8, 4) is 5.75 Å². The van der Waals surface area contributed by atoms with Crippen LogP contribution >= 0.6 is 11.6 Å². The summed E-state index contributed by atoms with van der Waals surface area (Å²) in [6.45, 7) is 3.83. The van der Waals surface area contributed by atoms with Crippen molar-refractivity contribution in [1.29, 1.82) is 0 Å². The maximum atomic E-state index is 9.65. The van der Waals surface area contributed by atoms with Gasteiger partial charge in [0.1, 0.15) is 5.75 Å². The molecule has 2 heterocycles. The highest BCUT2D eigenvalue weighted by Crippen LogP contribution is 2.32. The molecule has 0 fully saturated rings. The second kappa shape index (κ2) is 4.74. The number of aryl methyl sites for hydroxylation is 1. The predicted octanol–water partition coefficient (Wildman–Crippen LogP) is 3.31. The summed E-state index contributed by atoms with van der Waals surface area (Å²) in [6, 6.07) is 5.67. The Morgan fingerprint density at radius 1 is 1.32 bits per heavy atom. The van der Waals surface area contributed by atoms with E-state index in [0.29, 0.717) is 5.02 Å². The molecule has 0 spiro atoms. The third kappa shape index (κ3) is 2.26. The van der Waals surface area contributed by atoms with Gasteiger partial charge in [-0.1, -0.05) is 11.6 Å². The Labute approximate surface area is 117 Å². The molecule has 2 aromatic rings. The highest BCUT2D eigenvalue weighted by atomic mass is 35.5. The highest BCUT2D eigenvalue weighted by molar-refractivity contribution is 6.32. The first kappa shape index (κ1) is 12.3. The molecule has 0 unspecified atom stereocenters. The number of halogens is 1. The van der Waals surface area contributed by atoms with E-state index in [1.807, 2.05) is 24.5 Å². The largest absolute Gasteiger partial charge is 0.506 e. The third-order valence-corrected chi connectivity index (χ3v) is 3.94. The van der Waals surface area contributed by atoms with Gasteiger partial charge in [-0.15, -0.1) is 0 Å². The minimum atomic E-state index is 0.173. The maximum Gasteiger partial charge on any atom is 0.134 e. The van der Waals surface area contributed by atoms with Gasteiger partial charge in [0, 0.05) is 19.3 Å². The van der Waals surface area contributed by atoms with Crippen LogP contribution in [0.2, 0.25) is 5.02 Å². The Morgan fingerprint density at radius 2 is 2.16 bits per heavy atom. The van der Waals surface area contributed by atoms with E-state index in [1.54, 1.807) is 6.07 Å². The minimum Gasteiger partial charge on any atom is -0.506 e. The molecule has 98 valence electrons. The number of aromatic nitrogens is 1. The van der Waals surface area contributed by atoms with Crippen molar-refractivity contribution < 1.29 is 5.11 Å². The zero-order valence-electron chi connectivity index (χ0n) is 10.7. The fraction of sp³-hybridized carbons (Fsp3) is 0.267. The summed E-state index contributed by atoms with van der Waals surface area (Å²) in [5.74, 6) is 0.173. The zero-order chi connectivity index (χ0) is 13.4. The number of anilines is 1. The van der Waals surface area contributed by atoms with Crippen LogP contribution in [-0.4, -0.2) is 16.6 Å². The fourth-order valence-corrected chi connectivity index (χ4v) is 2.74. The van der Waals surface area contributed by atoms with Gasteiger partial charge < -0.3 is 10.0 Å². The summed E-state index contributed by atoms with van der Waals surface area (Å²) in [7, 11) is 0. The van der Waals surface area contributed by atoms with Crippen LogP contribution in [0.4, 0.5) is 5.69 Å². The number of benzene rings is 1. The molecule has 0 aliphatic carbocycles. The molecule has 4 heteroatoms. The summed E-state index contributed by atoms with van der Waals surface area (Å²) in [5, 5.41) is 10.1. The molecule has 0 atom stereocenters. The Morgan fingerprint density at radius 3 is 2.95 bits per heavy atom. The van der Waals surface area contributed by atoms with Crippen LogP contribution in [0.1, 0.15) is 16.7 Å². The molecule has 19 heavy (non-hydrogen) atoms. The third-order valence-electron chi connectivity index (χ3n) is 3.63. The molecule has 0 amide bonds. The SMILES string of the molecule is Cc1ccncc1N1CCc2cc(O)c(Cl)cc2C1. The van der Waals surface area contributed by atoms with Gasteiger partial charge in [0.25, 0.3) is 0 Å². The number of nitrogens with zero attached hydrogens (tertiary/aromatic N) is 2. The number of hydrogen-bond acceptors (Lipinski definition) is 3. The van der Waals surface area contributed by atoms with Crippen LogP contribution in [0, 0.1) is 6.92 Å². The molecule has 0 saturated carbocycles. The lowest BCUT2D eigenvalue weighted by molar-refractivity contribution is 0.474. The Balaban J connectivity index is 1.94. The zero-order valence-corrected chi connectivity index (χ0v) is 11.5. The molecule has 0 bridgehead atoms. The van der Waals surface area contributed by atoms with Gasteiger partial charge >= 0.3 is 0 Å². The second-order valence-electron chi connectivity index (χ2n) is 4.91. The topological polar surface area (TPSA) is 36.4 Å². The van der Waals surface area contributed by atoms with E-state index in [2.05, 4.69) is 16.8 Å². The lowest BCUT2D eigenvalue weighted by atomic mass is 9.98. The van der Waals surface area contributed by atoms with Crippen LogP contribution in [0.5, 0.6) is 5.75 Å². The fourth-order valence-electron chi connectivity index (χ4n) is 2.56. The van der Waals surface area contributed by atoms with Gasteiger partial charge in [-0.25, -0.2) is 0 Å². The first-order chi connectivity index (χ1) is 9.15. The lowest BCUT2D eigenvalue weighted by Gasteiger charge is -2.31. The summed E-state index contributed by atoms with van der Waals surface area (Å²) in [4.78, 5) is 6.50. The Bertz CT molecular complexity index is 628. The van der Waals surface area contributed by atoms with Crippen molar-refractivity contribution in [2.24, 2.45) is 0 Å². The number of phenols is 1. The summed E-state index contributed by atoms with van der Waals surface area (Å²) < 4.78 is 0. The van der Waals surface area contributed by atoms with E-state index in [9.17, 15) is 5.11 Å². The standard InChI is InChI=1S/C15H15ClN2O/c1-10-2-4-17-8-14(10)18-5-3-11-7-15(19)13(16)6-12(11)9-18/h2,4,6-8,19H,3,5,9H2,1H3. The minimum absolute atomic E-state index is 0.173. The number of hydrogen-bond donors (Lipinski definition) is 1. The Hall–Kier alpha value is -1.74. The number of rotatable bonds is 1. The molecule has 0 saturated heterocycles. The van der Waals surface area contributed by atoms with Crippen LogP contribution in [-0.2, 0) is 13.0 Å². The van der Waals surface area contributed by atoms with Crippen LogP contribution < -0.4 is 4.90 Å². The quantitative estimate of drug-likeness (QED) is 0.867. The van der Waals surface area contributed by atoms with Gasteiger partial charge in [0.05, 0.1) is 16.9 Å². The smallest absolute Gasteiger partial charge is 0.134 e. The first-order valence-corrected chi connectivity index (χ1v) is 6.69. The summed E-state index contributed by atoms with van der Waals surface area (Å²) >= 11 is 5.99. The van der Waals surface area contributed by atoms with E-state index < -0.39 is 0 Å². The van der Waals surface area contributed by atoms with Gasteiger partial charge in [-0.3, -0.25) is 4.98 Å². The van der Waals surface area contributed by atoms with Crippen LogP contribution in [0.25, 0.3) is 0 Å². The lowest BCUT2D eigenvalue weighted by Crippen LogP contribution is -2.30. The first-order valence-electron chi connectivity index (χ1n) is 6.31. The van der Waals surface area contributed by atoms with Gasteiger partial charge in [-0.2, -0.15) is 0 Å². The van der Waals surface area contributed by atoms with Crippen molar-refractivity contribution >= 4 is 17.3 Å². The van der Waals surface area contributed by atoms with Gasteiger partial charge in [0.2, 0.25) is 0 Å². The molecule has 1 aromatic heterocycles. The molecular weight excluding hydrogens is 260 g/mol. The molecule has 3 rings (SSSR count). The average Bonchev–Trinajstić information content (AvgIpc) is 2.40. The van der Waals surface area contributed by atoms with E-state index in [1.165, 1.54) is 16.7 Å². The normalized spacial score (nSPS) is 14.3. The monoisotopic (exact) mass is 274 g/mol. The number of fused-ring (bicyclic) bond motifs is 1. The van der Waals surface area contributed by atoms with E-state index in [-0.39, 0.29) is 5.75 Å². The molecule has 0 radical (unpaired) electrons. The highest BCUT2D eigenvalue weighted by Gasteiger charge is 2.19. The van der Waals surface area contributed by atoms with Crippen molar-refractivity contribution in [3.05, 3.63) is 52.3 Å².